The number of hydrogen-bond acceptors (Lipinski definition) is 6. The molecule has 8 nitrogen and oxygen atoms in total. The Balaban J connectivity index is 1.59. The van der Waals surface area contributed by atoms with Gasteiger partial charge in [-0.3, -0.25) is 4.79 Å². The molecule has 1 N–H and O–H groups in total. The third-order valence-electron chi connectivity index (χ3n) is 5.99. The van der Waals surface area contributed by atoms with Crippen LogP contribution in [0.2, 0.25) is 5.02 Å². The summed E-state index contributed by atoms with van der Waals surface area (Å²) in [6.45, 7) is 4.00. The van der Waals surface area contributed by atoms with Gasteiger partial charge in [-0.1, -0.05) is 29.8 Å². The summed E-state index contributed by atoms with van der Waals surface area (Å²) in [6, 6.07) is 15.2. The van der Waals surface area contributed by atoms with Crippen LogP contribution >= 0.6 is 11.6 Å². The smallest absolute Gasteiger partial charge is 0.252 e. The first-order valence-corrected chi connectivity index (χ1v) is 11.2. The highest BCUT2D eigenvalue weighted by atomic mass is 35.5. The molecule has 0 saturated carbocycles. The average Bonchev–Trinajstić information content (AvgIpc) is 3.42. The second kappa shape index (κ2) is 7.85. The number of aromatic nitrogens is 4. The molecular weight excluding hydrogens is 454 g/mol. The fourth-order valence-corrected chi connectivity index (χ4v) is 4.66. The highest BCUT2D eigenvalue weighted by Gasteiger charge is 2.35. The van der Waals surface area contributed by atoms with Gasteiger partial charge in [-0.15, -0.1) is 0 Å². The molecule has 4 aromatic rings. The minimum Gasteiger partial charge on any atom is -0.454 e. The fourth-order valence-electron chi connectivity index (χ4n) is 4.53. The molecule has 1 atom stereocenters. The van der Waals surface area contributed by atoms with E-state index in [-0.39, 0.29) is 25.0 Å². The van der Waals surface area contributed by atoms with E-state index in [1.165, 1.54) is 0 Å². The first kappa shape index (κ1) is 20.7. The lowest BCUT2D eigenvalue weighted by Crippen LogP contribution is -2.25. The largest absolute Gasteiger partial charge is 0.454 e. The van der Waals surface area contributed by atoms with Crippen LogP contribution in [0.3, 0.4) is 0 Å². The minimum absolute atomic E-state index is 0.108. The van der Waals surface area contributed by atoms with E-state index in [2.05, 4.69) is 15.3 Å². The second-order valence-electron chi connectivity index (χ2n) is 8.40. The van der Waals surface area contributed by atoms with Crippen molar-refractivity contribution in [2.24, 2.45) is 0 Å². The quantitative estimate of drug-likeness (QED) is 0.459. The van der Waals surface area contributed by atoms with Gasteiger partial charge in [0.25, 0.3) is 5.95 Å². The molecule has 170 valence electrons. The number of fused-ring (bicyclic) bond motifs is 2. The SMILES string of the molecule is Cc1cc(C)nc(-n2nc(-c3ccc(Cl)cc3)c3c2NC(=O)C[C@@H]3c2ccc3c(c2)OCO3)n1. The Morgan fingerprint density at radius 3 is 2.50 bits per heavy atom. The van der Waals surface area contributed by atoms with Crippen LogP contribution in [-0.2, 0) is 4.79 Å². The molecule has 2 aliphatic heterocycles. The van der Waals surface area contributed by atoms with Gasteiger partial charge in [-0.05, 0) is 49.7 Å². The van der Waals surface area contributed by atoms with Crippen LogP contribution < -0.4 is 14.8 Å². The summed E-state index contributed by atoms with van der Waals surface area (Å²) in [5.41, 5.74) is 5.08. The van der Waals surface area contributed by atoms with Crippen molar-refractivity contribution in [3.63, 3.8) is 0 Å². The van der Waals surface area contributed by atoms with Crippen LogP contribution in [0.4, 0.5) is 5.82 Å². The molecule has 0 fully saturated rings. The lowest BCUT2D eigenvalue weighted by Gasteiger charge is -2.24. The Kier molecular flexibility index (Phi) is 4.77. The molecule has 2 aromatic carbocycles. The van der Waals surface area contributed by atoms with E-state index in [4.69, 9.17) is 26.2 Å². The molecule has 1 amide bonds. The van der Waals surface area contributed by atoms with Crippen LogP contribution in [0.25, 0.3) is 17.2 Å². The zero-order chi connectivity index (χ0) is 23.4. The molecule has 2 aromatic heterocycles. The number of halogens is 1. The van der Waals surface area contributed by atoms with Gasteiger partial charge in [0.15, 0.2) is 11.5 Å². The van der Waals surface area contributed by atoms with E-state index in [9.17, 15) is 4.79 Å². The highest BCUT2D eigenvalue weighted by molar-refractivity contribution is 6.30. The summed E-state index contributed by atoms with van der Waals surface area (Å²) < 4.78 is 12.7. The van der Waals surface area contributed by atoms with Crippen LogP contribution in [0, 0.1) is 13.8 Å². The van der Waals surface area contributed by atoms with E-state index < -0.39 is 0 Å². The summed E-state index contributed by atoms with van der Waals surface area (Å²) in [7, 11) is 0. The van der Waals surface area contributed by atoms with E-state index in [1.807, 2.05) is 62.4 Å². The van der Waals surface area contributed by atoms with E-state index in [0.29, 0.717) is 28.3 Å². The molecule has 0 aliphatic carbocycles. The summed E-state index contributed by atoms with van der Waals surface area (Å²) in [4.78, 5) is 22.1. The number of hydrogen-bond donors (Lipinski definition) is 1. The molecular formula is C25H20ClN5O3. The normalized spacial score (nSPS) is 16.3. The summed E-state index contributed by atoms with van der Waals surface area (Å²) in [5, 5.41) is 8.56. The standard InChI is InChI=1S/C25H20ClN5O3/c1-13-9-14(2)28-25(27-13)31-24-22(23(30-31)15-3-6-17(26)7-4-15)18(11-21(32)29-24)16-5-8-19-20(10-16)34-12-33-19/h3-10,18H,11-12H2,1-2H3,(H,29,32)/t18-/m1/s1. The Labute approximate surface area is 200 Å². The van der Waals surface area contributed by atoms with Crippen molar-refractivity contribution in [1.82, 2.24) is 19.7 Å². The van der Waals surface area contributed by atoms with Crippen molar-refractivity contribution in [2.75, 3.05) is 12.1 Å². The summed E-state index contributed by atoms with van der Waals surface area (Å²) >= 11 is 6.15. The Morgan fingerprint density at radius 2 is 1.74 bits per heavy atom. The molecule has 0 radical (unpaired) electrons. The van der Waals surface area contributed by atoms with Gasteiger partial charge >= 0.3 is 0 Å². The van der Waals surface area contributed by atoms with Crippen molar-refractivity contribution in [1.29, 1.82) is 0 Å². The third kappa shape index (κ3) is 3.47. The topological polar surface area (TPSA) is 91.2 Å². The Morgan fingerprint density at radius 1 is 1.00 bits per heavy atom. The van der Waals surface area contributed by atoms with Crippen LogP contribution in [0.1, 0.15) is 34.9 Å². The maximum atomic E-state index is 12.9. The zero-order valence-electron chi connectivity index (χ0n) is 18.5. The first-order valence-electron chi connectivity index (χ1n) is 10.9. The third-order valence-corrected chi connectivity index (χ3v) is 6.25. The zero-order valence-corrected chi connectivity index (χ0v) is 19.3. The summed E-state index contributed by atoms with van der Waals surface area (Å²) in [5.74, 6) is 1.98. The van der Waals surface area contributed by atoms with Crippen molar-refractivity contribution in [2.45, 2.75) is 26.2 Å². The van der Waals surface area contributed by atoms with Crippen molar-refractivity contribution in [3.8, 4) is 28.7 Å². The number of benzene rings is 2. The molecule has 4 heterocycles. The van der Waals surface area contributed by atoms with Crippen LogP contribution in [-0.4, -0.2) is 32.4 Å². The van der Waals surface area contributed by atoms with Crippen molar-refractivity contribution < 1.29 is 14.3 Å². The predicted octanol–water partition coefficient (Wildman–Crippen LogP) is 4.80. The van der Waals surface area contributed by atoms with Crippen LogP contribution in [0.5, 0.6) is 11.5 Å². The lowest BCUT2D eigenvalue weighted by molar-refractivity contribution is -0.116. The van der Waals surface area contributed by atoms with E-state index in [1.54, 1.807) is 4.68 Å². The average molecular weight is 474 g/mol. The maximum Gasteiger partial charge on any atom is 0.252 e. The number of nitrogens with zero attached hydrogens (tertiary/aromatic N) is 4. The molecule has 34 heavy (non-hydrogen) atoms. The second-order valence-corrected chi connectivity index (χ2v) is 8.83. The monoisotopic (exact) mass is 473 g/mol. The van der Waals surface area contributed by atoms with Gasteiger partial charge in [0.2, 0.25) is 12.7 Å². The Bertz CT molecular complexity index is 1430. The number of carbonyl (C=O) groups excluding carboxylic acids is 1. The van der Waals surface area contributed by atoms with Gasteiger partial charge in [0, 0.05) is 39.9 Å². The molecule has 2 aliphatic rings. The fraction of sp³-hybridized carbons (Fsp3) is 0.200. The molecule has 6 rings (SSSR count). The molecule has 0 unspecified atom stereocenters. The number of nitrogens with one attached hydrogen (secondary N) is 1. The number of carbonyl (C=O) groups is 1. The number of rotatable bonds is 3. The number of amides is 1. The predicted molar refractivity (Wildman–Crippen MR) is 127 cm³/mol. The number of ether oxygens (including phenoxy) is 2. The van der Waals surface area contributed by atoms with Gasteiger partial charge in [-0.2, -0.15) is 9.78 Å². The number of aryl methyl sites for hydroxylation is 2. The molecule has 0 saturated heterocycles. The summed E-state index contributed by atoms with van der Waals surface area (Å²) in [6.07, 6.45) is 0.270. The lowest BCUT2D eigenvalue weighted by atomic mass is 9.84. The van der Waals surface area contributed by atoms with Crippen molar-refractivity contribution >= 4 is 23.3 Å². The molecule has 0 spiro atoms. The van der Waals surface area contributed by atoms with Gasteiger partial charge in [0.05, 0.1) is 5.69 Å². The van der Waals surface area contributed by atoms with Gasteiger partial charge in [-0.25, -0.2) is 9.97 Å². The number of anilines is 1. The Hall–Kier alpha value is -3.91. The minimum atomic E-state index is -0.247. The molecule has 0 bridgehead atoms. The van der Waals surface area contributed by atoms with Crippen molar-refractivity contribution in [3.05, 3.63) is 76.1 Å². The van der Waals surface area contributed by atoms with Crippen LogP contribution in [0.15, 0.2) is 48.5 Å². The van der Waals surface area contributed by atoms with E-state index in [0.717, 1.165) is 33.8 Å². The molecule has 9 heteroatoms. The van der Waals surface area contributed by atoms with Gasteiger partial charge < -0.3 is 14.8 Å². The maximum absolute atomic E-state index is 12.9. The van der Waals surface area contributed by atoms with E-state index >= 15 is 0 Å². The highest BCUT2D eigenvalue weighted by Crippen LogP contribution is 2.45. The van der Waals surface area contributed by atoms with Gasteiger partial charge in [0.1, 0.15) is 5.82 Å². The first-order chi connectivity index (χ1) is 16.5.